The molecular weight excluding hydrogens is 318 g/mol. The maximum Gasteiger partial charge on any atom is 0.121 e. The molecule has 124 valence electrons. The fraction of sp³-hybridized carbons (Fsp3) is 0.222. The molecule has 24 heavy (non-hydrogen) atoms. The number of nitrogens with zero attached hydrogens (tertiary/aromatic N) is 3. The quantitative estimate of drug-likeness (QED) is 0.617. The lowest BCUT2D eigenvalue weighted by Crippen LogP contribution is -2.13. The molecule has 2 heterocycles. The highest BCUT2D eigenvalue weighted by Crippen LogP contribution is 2.23. The number of hydrogen-bond donors (Lipinski definition) is 2. The summed E-state index contributed by atoms with van der Waals surface area (Å²) in [7, 11) is 2.07. The molecule has 5 nitrogen and oxygen atoms in total. The number of hydrogen-bond acceptors (Lipinski definition) is 5. The monoisotopic (exact) mass is 339 g/mol. The summed E-state index contributed by atoms with van der Waals surface area (Å²) in [5, 5.41) is 3.43. The lowest BCUT2D eigenvalue weighted by atomic mass is 10.2. The van der Waals surface area contributed by atoms with Crippen molar-refractivity contribution in [3.63, 3.8) is 0 Å². The molecule has 0 bridgehead atoms. The van der Waals surface area contributed by atoms with Crippen LogP contribution in [-0.4, -0.2) is 26.3 Å². The van der Waals surface area contributed by atoms with Crippen molar-refractivity contribution in [3.05, 3.63) is 78.1 Å². The number of benzene rings is 1. The molecule has 0 spiro atoms. The molecule has 0 saturated carbocycles. The molecule has 3 aromatic rings. The first kappa shape index (κ1) is 16.7. The molecular formula is C18H21N5S. The minimum atomic E-state index is 0.774. The molecule has 1 aromatic carbocycles. The van der Waals surface area contributed by atoms with Gasteiger partial charge in [0, 0.05) is 36.6 Å². The Morgan fingerprint density at radius 1 is 1.08 bits per heavy atom. The Morgan fingerprint density at radius 2 is 2.04 bits per heavy atom. The summed E-state index contributed by atoms with van der Waals surface area (Å²) in [6.07, 6.45) is 5.45. The number of nitrogens with one attached hydrogen (secondary N) is 2. The van der Waals surface area contributed by atoms with Crippen molar-refractivity contribution in [3.8, 4) is 0 Å². The van der Waals surface area contributed by atoms with E-state index < -0.39 is 0 Å². The van der Waals surface area contributed by atoms with Gasteiger partial charge < -0.3 is 10.3 Å². The summed E-state index contributed by atoms with van der Waals surface area (Å²) in [6, 6.07) is 14.6. The summed E-state index contributed by atoms with van der Waals surface area (Å²) < 4.78 is 2.17. The van der Waals surface area contributed by atoms with Crippen LogP contribution in [0.3, 0.4) is 0 Å². The second-order valence-electron chi connectivity index (χ2n) is 5.49. The molecule has 0 amide bonds. The van der Waals surface area contributed by atoms with E-state index in [1.807, 2.05) is 30.6 Å². The molecule has 3 rings (SSSR count). The highest BCUT2D eigenvalue weighted by atomic mass is 32.2. The highest BCUT2D eigenvalue weighted by Gasteiger charge is 2.05. The number of aromatic nitrogens is 3. The topological polar surface area (TPSA) is 56.8 Å². The van der Waals surface area contributed by atoms with E-state index in [2.05, 4.69) is 55.9 Å². The fourth-order valence-electron chi connectivity index (χ4n) is 2.36. The number of aromatic amines is 1. The minimum absolute atomic E-state index is 0.774. The molecule has 0 radical (unpaired) electrons. The van der Waals surface area contributed by atoms with E-state index in [-0.39, 0.29) is 0 Å². The molecule has 0 aliphatic heterocycles. The molecule has 0 atom stereocenters. The van der Waals surface area contributed by atoms with Crippen molar-refractivity contribution in [2.75, 3.05) is 7.05 Å². The first-order valence-electron chi connectivity index (χ1n) is 7.86. The van der Waals surface area contributed by atoms with Gasteiger partial charge in [0.1, 0.15) is 5.82 Å². The predicted molar refractivity (Wildman–Crippen MR) is 97.1 cm³/mol. The van der Waals surface area contributed by atoms with E-state index in [0.29, 0.717) is 0 Å². The third-order valence-electron chi connectivity index (χ3n) is 3.45. The van der Waals surface area contributed by atoms with Crippen molar-refractivity contribution in [1.82, 2.24) is 24.6 Å². The van der Waals surface area contributed by atoms with Crippen molar-refractivity contribution in [2.45, 2.75) is 24.5 Å². The largest absolute Gasteiger partial charge is 0.347 e. The molecule has 6 heteroatoms. The van der Waals surface area contributed by atoms with Gasteiger partial charge in [0.25, 0.3) is 0 Å². The van der Waals surface area contributed by atoms with Crippen molar-refractivity contribution >= 4 is 11.9 Å². The van der Waals surface area contributed by atoms with Crippen molar-refractivity contribution in [2.24, 2.45) is 0 Å². The van der Waals surface area contributed by atoms with Crippen molar-refractivity contribution in [1.29, 1.82) is 0 Å². The van der Waals surface area contributed by atoms with E-state index >= 15 is 0 Å². The molecule has 2 aromatic heterocycles. The zero-order chi connectivity index (χ0) is 16.6. The van der Waals surface area contributed by atoms with Gasteiger partial charge in [-0.05, 0) is 48.8 Å². The fourth-order valence-corrected chi connectivity index (χ4v) is 3.25. The molecule has 0 aliphatic carbocycles. The summed E-state index contributed by atoms with van der Waals surface area (Å²) in [5.74, 6) is 0.971. The molecule has 0 aliphatic rings. The van der Waals surface area contributed by atoms with Crippen LogP contribution in [0.5, 0.6) is 0 Å². The summed E-state index contributed by atoms with van der Waals surface area (Å²) in [6.45, 7) is 2.38. The van der Waals surface area contributed by atoms with Gasteiger partial charge in [-0.2, -0.15) is 0 Å². The van der Waals surface area contributed by atoms with Crippen LogP contribution in [0.4, 0.5) is 0 Å². The second-order valence-corrected chi connectivity index (χ2v) is 6.76. The van der Waals surface area contributed by atoms with Gasteiger partial charge in [-0.25, -0.2) is 9.29 Å². The average molecular weight is 339 g/mol. The van der Waals surface area contributed by atoms with Crippen LogP contribution in [0.15, 0.2) is 66.0 Å². The SMILES string of the molecule is CN(Cc1ncc[nH]1)Sc1cccc(CNCc2ccccn2)c1. The van der Waals surface area contributed by atoms with E-state index in [1.54, 1.807) is 18.1 Å². The van der Waals surface area contributed by atoms with E-state index in [1.165, 1.54) is 10.5 Å². The van der Waals surface area contributed by atoms with Gasteiger partial charge >= 0.3 is 0 Å². The lowest BCUT2D eigenvalue weighted by Gasteiger charge is -2.14. The maximum atomic E-state index is 4.32. The van der Waals surface area contributed by atoms with Crippen LogP contribution in [0, 0.1) is 0 Å². The summed E-state index contributed by atoms with van der Waals surface area (Å²) in [4.78, 5) is 12.9. The van der Waals surface area contributed by atoms with Gasteiger partial charge in [-0.1, -0.05) is 18.2 Å². The van der Waals surface area contributed by atoms with Crippen LogP contribution < -0.4 is 5.32 Å². The van der Waals surface area contributed by atoms with E-state index in [9.17, 15) is 0 Å². The summed E-state index contributed by atoms with van der Waals surface area (Å²) >= 11 is 1.72. The lowest BCUT2D eigenvalue weighted by molar-refractivity contribution is 0.545. The number of H-pyrrole nitrogens is 1. The second kappa shape index (κ2) is 8.63. The van der Waals surface area contributed by atoms with E-state index in [0.717, 1.165) is 31.2 Å². The van der Waals surface area contributed by atoms with Crippen LogP contribution in [0.1, 0.15) is 17.1 Å². The third-order valence-corrected chi connectivity index (χ3v) is 4.35. The molecule has 0 saturated heterocycles. The van der Waals surface area contributed by atoms with Gasteiger partial charge in [-0.15, -0.1) is 0 Å². The van der Waals surface area contributed by atoms with Gasteiger partial charge in [0.2, 0.25) is 0 Å². The third kappa shape index (κ3) is 5.19. The number of imidazole rings is 1. The Kier molecular flexibility index (Phi) is 6.01. The predicted octanol–water partition coefficient (Wildman–Crippen LogP) is 3.23. The Labute approximate surface area is 146 Å². The Hall–Kier alpha value is -2.15. The van der Waals surface area contributed by atoms with E-state index in [4.69, 9.17) is 0 Å². The maximum absolute atomic E-state index is 4.32. The zero-order valence-corrected chi connectivity index (χ0v) is 14.5. The first-order chi connectivity index (χ1) is 11.8. The Balaban J connectivity index is 1.50. The standard InChI is InChI=1S/C18H21N5S/c1-23(14-18-21-9-10-22-18)24-17-7-4-5-15(11-17)12-19-13-16-6-2-3-8-20-16/h2-11,19H,12-14H2,1H3,(H,21,22). The first-order valence-corrected chi connectivity index (χ1v) is 8.64. The minimum Gasteiger partial charge on any atom is -0.347 e. The zero-order valence-electron chi connectivity index (χ0n) is 13.6. The molecule has 2 N–H and O–H groups in total. The van der Waals surface area contributed by atoms with Crippen LogP contribution in [-0.2, 0) is 19.6 Å². The molecule has 0 fully saturated rings. The van der Waals surface area contributed by atoms with Crippen LogP contribution in [0.2, 0.25) is 0 Å². The average Bonchev–Trinajstić information content (AvgIpc) is 3.09. The van der Waals surface area contributed by atoms with Gasteiger partial charge in [-0.3, -0.25) is 4.98 Å². The van der Waals surface area contributed by atoms with Gasteiger partial charge in [0.05, 0.1) is 12.2 Å². The normalized spacial score (nSPS) is 11.1. The van der Waals surface area contributed by atoms with Crippen LogP contribution in [0.25, 0.3) is 0 Å². The number of pyridine rings is 1. The van der Waals surface area contributed by atoms with Gasteiger partial charge in [0.15, 0.2) is 0 Å². The highest BCUT2D eigenvalue weighted by molar-refractivity contribution is 7.97. The molecule has 0 unspecified atom stereocenters. The Morgan fingerprint density at radius 3 is 2.83 bits per heavy atom. The number of rotatable bonds is 8. The smallest absolute Gasteiger partial charge is 0.121 e. The summed E-state index contributed by atoms with van der Waals surface area (Å²) in [5.41, 5.74) is 2.32. The Bertz CT molecular complexity index is 730. The van der Waals surface area contributed by atoms with Crippen LogP contribution >= 0.6 is 11.9 Å². The van der Waals surface area contributed by atoms with Crippen molar-refractivity contribution < 1.29 is 0 Å².